The van der Waals surface area contributed by atoms with E-state index in [1.807, 2.05) is 31.2 Å². The molecule has 0 bridgehead atoms. The van der Waals surface area contributed by atoms with Crippen molar-refractivity contribution in [2.45, 2.75) is 26.4 Å². The molecule has 0 saturated heterocycles. The van der Waals surface area contributed by atoms with E-state index in [0.29, 0.717) is 17.4 Å². The highest BCUT2D eigenvalue weighted by Gasteiger charge is 2.09. The first kappa shape index (κ1) is 16.7. The lowest BCUT2D eigenvalue weighted by Gasteiger charge is -2.10. The van der Waals surface area contributed by atoms with Gasteiger partial charge in [-0.05, 0) is 30.2 Å². The van der Waals surface area contributed by atoms with Gasteiger partial charge in [-0.25, -0.2) is 4.79 Å². The minimum absolute atomic E-state index is 0.148. The smallest absolute Gasteiger partial charge is 0.328 e. The predicted molar refractivity (Wildman–Crippen MR) is 96.5 cm³/mol. The SMILES string of the molecule is Cc1ccccc1CNC(=O)CCn1c(=O)[nH]c(=O)c2ccccc21. The summed E-state index contributed by atoms with van der Waals surface area (Å²) in [6, 6.07) is 14.7. The number of nitrogens with zero attached hydrogens (tertiary/aromatic N) is 1. The molecule has 0 aliphatic rings. The molecule has 0 saturated carbocycles. The Morgan fingerprint density at radius 1 is 1.08 bits per heavy atom. The predicted octanol–water partition coefficient (Wildman–Crippen LogP) is 1.70. The summed E-state index contributed by atoms with van der Waals surface area (Å²) in [5.41, 5.74) is 1.78. The number of carbonyl (C=O) groups excluding carboxylic acids is 1. The number of aromatic nitrogens is 2. The van der Waals surface area contributed by atoms with E-state index in [1.165, 1.54) is 4.57 Å². The molecule has 25 heavy (non-hydrogen) atoms. The number of nitrogens with one attached hydrogen (secondary N) is 2. The molecule has 1 aromatic heterocycles. The van der Waals surface area contributed by atoms with E-state index >= 15 is 0 Å². The second-order valence-corrected chi connectivity index (χ2v) is 5.88. The van der Waals surface area contributed by atoms with Crippen LogP contribution >= 0.6 is 0 Å². The zero-order chi connectivity index (χ0) is 17.8. The first-order valence-corrected chi connectivity index (χ1v) is 8.09. The lowest BCUT2D eigenvalue weighted by Crippen LogP contribution is -2.32. The molecule has 128 valence electrons. The maximum Gasteiger partial charge on any atom is 0.328 e. The molecule has 6 nitrogen and oxygen atoms in total. The zero-order valence-electron chi connectivity index (χ0n) is 13.9. The summed E-state index contributed by atoms with van der Waals surface area (Å²) in [6.45, 7) is 2.65. The standard InChI is InChI=1S/C19H19N3O3/c1-13-6-2-3-7-14(13)12-20-17(23)10-11-22-16-9-5-4-8-15(16)18(24)21-19(22)25/h2-9H,10-12H2,1H3,(H,20,23)(H,21,24,25). The van der Waals surface area contributed by atoms with Crippen LogP contribution in [0.1, 0.15) is 17.5 Å². The van der Waals surface area contributed by atoms with Crippen molar-refractivity contribution in [3.05, 3.63) is 80.5 Å². The van der Waals surface area contributed by atoms with Gasteiger partial charge < -0.3 is 5.32 Å². The van der Waals surface area contributed by atoms with E-state index in [9.17, 15) is 14.4 Å². The van der Waals surface area contributed by atoms with E-state index < -0.39 is 11.2 Å². The van der Waals surface area contributed by atoms with Crippen molar-refractivity contribution in [3.8, 4) is 0 Å². The van der Waals surface area contributed by atoms with Gasteiger partial charge in [0.15, 0.2) is 0 Å². The van der Waals surface area contributed by atoms with E-state index in [4.69, 9.17) is 0 Å². The Kier molecular flexibility index (Phi) is 4.79. The minimum Gasteiger partial charge on any atom is -0.352 e. The number of fused-ring (bicyclic) bond motifs is 1. The number of para-hydroxylation sites is 1. The van der Waals surface area contributed by atoms with Gasteiger partial charge >= 0.3 is 5.69 Å². The molecule has 0 spiro atoms. The number of aromatic amines is 1. The quantitative estimate of drug-likeness (QED) is 0.743. The van der Waals surface area contributed by atoms with Crippen molar-refractivity contribution in [2.24, 2.45) is 0 Å². The number of H-pyrrole nitrogens is 1. The molecule has 0 radical (unpaired) electrons. The average Bonchev–Trinajstić information content (AvgIpc) is 2.61. The van der Waals surface area contributed by atoms with Gasteiger partial charge in [-0.15, -0.1) is 0 Å². The van der Waals surface area contributed by atoms with Crippen molar-refractivity contribution in [3.63, 3.8) is 0 Å². The number of amides is 1. The highest BCUT2D eigenvalue weighted by Crippen LogP contribution is 2.08. The van der Waals surface area contributed by atoms with Gasteiger partial charge in [-0.1, -0.05) is 36.4 Å². The van der Waals surface area contributed by atoms with Crippen LogP contribution in [-0.2, 0) is 17.9 Å². The van der Waals surface area contributed by atoms with Gasteiger partial charge in [0.2, 0.25) is 5.91 Å². The maximum atomic E-state index is 12.1. The molecule has 2 aromatic carbocycles. The number of aryl methyl sites for hydroxylation is 2. The number of rotatable bonds is 5. The summed E-state index contributed by atoms with van der Waals surface area (Å²) in [4.78, 5) is 38.3. The fourth-order valence-electron chi connectivity index (χ4n) is 2.77. The van der Waals surface area contributed by atoms with Crippen LogP contribution in [0.5, 0.6) is 0 Å². The lowest BCUT2D eigenvalue weighted by molar-refractivity contribution is -0.121. The molecule has 0 atom stereocenters. The molecule has 2 N–H and O–H groups in total. The van der Waals surface area contributed by atoms with Crippen LogP contribution in [0.2, 0.25) is 0 Å². The second-order valence-electron chi connectivity index (χ2n) is 5.88. The van der Waals surface area contributed by atoms with E-state index in [0.717, 1.165) is 11.1 Å². The molecule has 1 heterocycles. The number of hydrogen-bond donors (Lipinski definition) is 2. The van der Waals surface area contributed by atoms with Gasteiger partial charge in [0.1, 0.15) is 0 Å². The Morgan fingerprint density at radius 2 is 1.80 bits per heavy atom. The molecule has 0 unspecified atom stereocenters. The molecule has 3 aromatic rings. The molecule has 0 aliphatic carbocycles. The molecule has 0 aliphatic heterocycles. The maximum absolute atomic E-state index is 12.1. The summed E-state index contributed by atoms with van der Waals surface area (Å²) in [5.74, 6) is -0.148. The van der Waals surface area contributed by atoms with E-state index in [2.05, 4.69) is 10.3 Å². The molecular weight excluding hydrogens is 318 g/mol. The Hall–Kier alpha value is -3.15. The topological polar surface area (TPSA) is 84.0 Å². The first-order chi connectivity index (χ1) is 12.1. The van der Waals surface area contributed by atoms with Crippen molar-refractivity contribution in [1.29, 1.82) is 0 Å². The summed E-state index contributed by atoms with van der Waals surface area (Å²) in [5, 5.41) is 3.30. The van der Waals surface area contributed by atoms with E-state index in [-0.39, 0.29) is 18.9 Å². The van der Waals surface area contributed by atoms with Crippen molar-refractivity contribution >= 4 is 16.8 Å². The molecular formula is C19H19N3O3. The van der Waals surface area contributed by atoms with Gasteiger partial charge in [0.25, 0.3) is 5.56 Å². The Morgan fingerprint density at radius 3 is 2.60 bits per heavy atom. The third-order valence-electron chi connectivity index (χ3n) is 4.20. The summed E-state index contributed by atoms with van der Waals surface area (Å²) < 4.78 is 1.42. The van der Waals surface area contributed by atoms with Crippen LogP contribution in [0.15, 0.2) is 58.1 Å². The van der Waals surface area contributed by atoms with Gasteiger partial charge in [-0.2, -0.15) is 0 Å². The second kappa shape index (κ2) is 7.17. The van der Waals surface area contributed by atoms with Crippen molar-refractivity contribution < 1.29 is 4.79 Å². The number of benzene rings is 2. The summed E-state index contributed by atoms with van der Waals surface area (Å²) in [7, 11) is 0. The van der Waals surface area contributed by atoms with Crippen LogP contribution in [0.4, 0.5) is 0 Å². The first-order valence-electron chi connectivity index (χ1n) is 8.09. The van der Waals surface area contributed by atoms with Crippen LogP contribution in [0, 0.1) is 6.92 Å². The number of hydrogen-bond acceptors (Lipinski definition) is 3. The highest BCUT2D eigenvalue weighted by molar-refractivity contribution is 5.78. The molecule has 3 rings (SSSR count). The highest BCUT2D eigenvalue weighted by atomic mass is 16.2. The summed E-state index contributed by atoms with van der Waals surface area (Å²) in [6.07, 6.45) is 0.155. The van der Waals surface area contributed by atoms with Crippen LogP contribution in [-0.4, -0.2) is 15.5 Å². The molecule has 1 amide bonds. The third kappa shape index (κ3) is 3.68. The van der Waals surface area contributed by atoms with Gasteiger partial charge in [0.05, 0.1) is 10.9 Å². The summed E-state index contributed by atoms with van der Waals surface area (Å²) >= 11 is 0. The Balaban J connectivity index is 1.71. The van der Waals surface area contributed by atoms with Crippen molar-refractivity contribution in [2.75, 3.05) is 0 Å². The fourth-order valence-corrected chi connectivity index (χ4v) is 2.77. The monoisotopic (exact) mass is 337 g/mol. The number of carbonyl (C=O) groups is 1. The van der Waals surface area contributed by atoms with E-state index in [1.54, 1.807) is 24.3 Å². The lowest BCUT2D eigenvalue weighted by atomic mass is 10.1. The molecule has 0 fully saturated rings. The fraction of sp³-hybridized carbons (Fsp3) is 0.211. The minimum atomic E-state index is -0.504. The van der Waals surface area contributed by atoms with Crippen LogP contribution in [0.25, 0.3) is 10.9 Å². The van der Waals surface area contributed by atoms with Gasteiger partial charge in [0, 0.05) is 19.5 Å². The Labute approximate surface area is 144 Å². The van der Waals surface area contributed by atoms with Crippen LogP contribution < -0.4 is 16.6 Å². The Bertz CT molecular complexity index is 1030. The van der Waals surface area contributed by atoms with Gasteiger partial charge in [-0.3, -0.25) is 19.1 Å². The zero-order valence-corrected chi connectivity index (χ0v) is 13.9. The van der Waals surface area contributed by atoms with Crippen molar-refractivity contribution in [1.82, 2.24) is 14.9 Å². The largest absolute Gasteiger partial charge is 0.352 e. The molecule has 6 heteroatoms. The average molecular weight is 337 g/mol. The van der Waals surface area contributed by atoms with Crippen LogP contribution in [0.3, 0.4) is 0 Å². The normalized spacial score (nSPS) is 10.8. The third-order valence-corrected chi connectivity index (χ3v) is 4.20.